The molecule has 2 rings (SSSR count). The first kappa shape index (κ1) is 36.1. The van der Waals surface area contributed by atoms with Crippen LogP contribution in [0.2, 0.25) is 0 Å². The van der Waals surface area contributed by atoms with E-state index in [4.69, 9.17) is 9.47 Å². The smallest absolute Gasteiger partial charge is 0.211 e. The molecule has 0 fully saturated rings. The molecule has 0 bridgehead atoms. The fraction of sp³-hybridized carbons (Fsp3) is 0.730. The molecule has 42 heavy (non-hydrogen) atoms. The Morgan fingerprint density at radius 2 is 0.857 bits per heavy atom. The van der Waals surface area contributed by atoms with Gasteiger partial charge in [0, 0.05) is 12.1 Å². The maximum Gasteiger partial charge on any atom is 0.211 e. The summed E-state index contributed by atoms with van der Waals surface area (Å²) in [5.74, 6) is 1.74. The predicted molar refractivity (Wildman–Crippen MR) is 174 cm³/mol. The molecule has 0 aromatic carbocycles. The molecule has 0 aliphatic heterocycles. The van der Waals surface area contributed by atoms with Crippen molar-refractivity contribution in [2.75, 3.05) is 13.2 Å². The molecular weight excluding hydrogens is 520 g/mol. The largest absolute Gasteiger partial charge is 0.487 e. The third-order valence-electron chi connectivity index (χ3n) is 8.04. The molecular formula is C37H64N2O3+2. The number of aliphatic hydroxyl groups excluding tert-OH is 1. The van der Waals surface area contributed by atoms with Crippen molar-refractivity contribution in [3.05, 3.63) is 49.1 Å². The number of pyridine rings is 2. The van der Waals surface area contributed by atoms with E-state index in [1.807, 2.05) is 58.2 Å². The Morgan fingerprint density at radius 1 is 0.524 bits per heavy atom. The third-order valence-corrected chi connectivity index (χ3v) is 8.04. The summed E-state index contributed by atoms with van der Waals surface area (Å²) in [5.41, 5.74) is 0. The van der Waals surface area contributed by atoms with Crippen LogP contribution in [0.3, 0.4) is 0 Å². The second-order valence-corrected chi connectivity index (χ2v) is 12.2. The number of rotatable bonds is 28. The van der Waals surface area contributed by atoms with Gasteiger partial charge in [-0.25, -0.2) is 0 Å². The van der Waals surface area contributed by atoms with Crippen LogP contribution in [0.15, 0.2) is 49.1 Å². The van der Waals surface area contributed by atoms with Gasteiger partial charge in [0.1, 0.15) is 0 Å². The molecule has 238 valence electrons. The fourth-order valence-electron chi connectivity index (χ4n) is 5.50. The van der Waals surface area contributed by atoms with Crippen LogP contribution < -0.4 is 18.6 Å². The quantitative estimate of drug-likeness (QED) is 0.0802. The maximum absolute atomic E-state index is 10.8. The monoisotopic (exact) mass is 584 g/mol. The molecule has 2 aromatic heterocycles. The fourth-order valence-corrected chi connectivity index (χ4v) is 5.50. The van der Waals surface area contributed by atoms with E-state index in [-0.39, 0.29) is 0 Å². The zero-order valence-electron chi connectivity index (χ0n) is 27.3. The molecule has 0 atom stereocenters. The van der Waals surface area contributed by atoms with Crippen molar-refractivity contribution in [1.29, 1.82) is 0 Å². The minimum Gasteiger partial charge on any atom is -0.487 e. The molecule has 0 spiro atoms. The van der Waals surface area contributed by atoms with E-state index in [0.29, 0.717) is 13.1 Å². The zero-order chi connectivity index (χ0) is 29.9. The number of unbranched alkanes of at least 4 members (excludes halogenated alkanes) is 18. The summed E-state index contributed by atoms with van der Waals surface area (Å²) >= 11 is 0. The lowest BCUT2D eigenvalue weighted by Gasteiger charge is -2.08. The Kier molecular flexibility index (Phi) is 21.8. The second-order valence-electron chi connectivity index (χ2n) is 12.2. The standard InChI is InChI=1S/C37H64N2O3/c1-3-5-7-9-11-13-15-17-19-21-29-41-36-25-23-27-38(33-36)31-35(40)32-39-28-24-26-37(34-39)42-30-22-20-18-16-14-12-10-8-6-4-2/h23-28,33-35,40H,3-22,29-32H2,1-2H3/q+2. The molecule has 0 saturated carbocycles. The second kappa shape index (κ2) is 25.4. The van der Waals surface area contributed by atoms with Crippen molar-refractivity contribution in [3.8, 4) is 11.5 Å². The van der Waals surface area contributed by atoms with E-state index >= 15 is 0 Å². The van der Waals surface area contributed by atoms with Gasteiger partial charge in [-0.05, 0) is 25.0 Å². The van der Waals surface area contributed by atoms with E-state index < -0.39 is 6.10 Å². The Labute approximate surface area is 258 Å². The molecule has 0 aliphatic carbocycles. The minimum absolute atomic E-state index is 0.505. The van der Waals surface area contributed by atoms with Gasteiger partial charge in [-0.15, -0.1) is 0 Å². The van der Waals surface area contributed by atoms with E-state index in [2.05, 4.69) is 13.8 Å². The highest BCUT2D eigenvalue weighted by Gasteiger charge is 2.17. The number of aromatic nitrogens is 2. The van der Waals surface area contributed by atoms with Crippen LogP contribution in [0.1, 0.15) is 142 Å². The number of hydrogen-bond donors (Lipinski definition) is 1. The van der Waals surface area contributed by atoms with E-state index in [0.717, 1.165) is 37.6 Å². The van der Waals surface area contributed by atoms with Crippen LogP contribution in [0.5, 0.6) is 11.5 Å². The van der Waals surface area contributed by atoms with Gasteiger partial charge < -0.3 is 14.6 Å². The van der Waals surface area contributed by atoms with Crippen molar-refractivity contribution in [3.63, 3.8) is 0 Å². The zero-order valence-corrected chi connectivity index (χ0v) is 27.3. The number of nitrogens with zero attached hydrogens (tertiary/aromatic N) is 2. The van der Waals surface area contributed by atoms with Crippen molar-refractivity contribution in [1.82, 2.24) is 0 Å². The van der Waals surface area contributed by atoms with Crippen molar-refractivity contribution >= 4 is 0 Å². The molecule has 5 heteroatoms. The highest BCUT2D eigenvalue weighted by molar-refractivity contribution is 5.13. The summed E-state index contributed by atoms with van der Waals surface area (Å²) in [6.45, 7) is 7.10. The van der Waals surface area contributed by atoms with Crippen molar-refractivity contribution < 1.29 is 23.7 Å². The SMILES string of the molecule is CCCCCCCCCCCCOc1ccc[n+](CC(O)C[n+]2cccc(OCCCCCCCCCCCC)c2)c1. The average molecular weight is 585 g/mol. The first-order valence-electron chi connectivity index (χ1n) is 17.6. The van der Waals surface area contributed by atoms with Gasteiger partial charge >= 0.3 is 0 Å². The van der Waals surface area contributed by atoms with E-state index in [1.54, 1.807) is 0 Å². The van der Waals surface area contributed by atoms with Gasteiger partial charge in [-0.3, -0.25) is 0 Å². The molecule has 5 nitrogen and oxygen atoms in total. The van der Waals surface area contributed by atoms with Gasteiger partial charge in [0.15, 0.2) is 43.1 Å². The van der Waals surface area contributed by atoms with Gasteiger partial charge in [-0.2, -0.15) is 9.13 Å². The molecule has 1 N–H and O–H groups in total. The molecule has 0 amide bonds. The van der Waals surface area contributed by atoms with E-state index in [9.17, 15) is 5.11 Å². The molecule has 0 radical (unpaired) electrons. The Hall–Kier alpha value is -2.14. The van der Waals surface area contributed by atoms with Crippen LogP contribution in [0, 0.1) is 0 Å². The highest BCUT2D eigenvalue weighted by Crippen LogP contribution is 2.13. The first-order chi connectivity index (χ1) is 20.7. The molecule has 0 saturated heterocycles. The number of aliphatic hydroxyl groups is 1. The topological polar surface area (TPSA) is 46.5 Å². The summed E-state index contributed by atoms with van der Waals surface area (Å²) in [6.07, 6.45) is 34.0. The normalized spacial score (nSPS) is 11.3. The van der Waals surface area contributed by atoms with Crippen LogP contribution in [0.25, 0.3) is 0 Å². The van der Waals surface area contributed by atoms with Crippen LogP contribution in [-0.2, 0) is 13.1 Å². The summed E-state index contributed by atoms with van der Waals surface area (Å²) in [6, 6.07) is 8.00. The molecule has 0 unspecified atom stereocenters. The minimum atomic E-state index is -0.505. The Bertz CT molecular complexity index is 819. The number of ether oxygens (including phenoxy) is 2. The highest BCUT2D eigenvalue weighted by atomic mass is 16.5. The third kappa shape index (κ3) is 19.1. The molecule has 0 aliphatic rings. The summed E-state index contributed by atoms with van der Waals surface area (Å²) in [7, 11) is 0. The molecule has 2 aromatic rings. The summed E-state index contributed by atoms with van der Waals surface area (Å²) in [4.78, 5) is 0. The van der Waals surface area contributed by atoms with Gasteiger partial charge in [-0.1, -0.05) is 129 Å². The van der Waals surface area contributed by atoms with Crippen LogP contribution in [0.4, 0.5) is 0 Å². The summed E-state index contributed by atoms with van der Waals surface area (Å²) < 4.78 is 16.0. The lowest BCUT2D eigenvalue weighted by atomic mass is 10.1. The van der Waals surface area contributed by atoms with Gasteiger partial charge in [0.2, 0.25) is 12.4 Å². The lowest BCUT2D eigenvalue weighted by molar-refractivity contribution is -0.738. The number of hydrogen-bond acceptors (Lipinski definition) is 3. The van der Waals surface area contributed by atoms with Crippen LogP contribution in [-0.4, -0.2) is 24.4 Å². The molecule has 2 heterocycles. The Morgan fingerprint density at radius 3 is 1.21 bits per heavy atom. The van der Waals surface area contributed by atoms with Crippen molar-refractivity contribution in [2.45, 2.75) is 161 Å². The maximum atomic E-state index is 10.8. The van der Waals surface area contributed by atoms with Gasteiger partial charge in [0.25, 0.3) is 0 Å². The Balaban J connectivity index is 1.56. The van der Waals surface area contributed by atoms with Crippen LogP contribution >= 0.6 is 0 Å². The van der Waals surface area contributed by atoms with Crippen molar-refractivity contribution in [2.24, 2.45) is 0 Å². The predicted octanol–water partition coefficient (Wildman–Crippen LogP) is 8.92. The average Bonchev–Trinajstić information content (AvgIpc) is 2.99. The first-order valence-corrected chi connectivity index (χ1v) is 17.6. The lowest BCUT2D eigenvalue weighted by Crippen LogP contribution is -2.47. The van der Waals surface area contributed by atoms with E-state index in [1.165, 1.54) is 116 Å². The van der Waals surface area contributed by atoms with Gasteiger partial charge in [0.05, 0.1) is 13.2 Å². The summed E-state index contributed by atoms with van der Waals surface area (Å²) in [5, 5.41) is 10.8.